The molecular weight excluding hydrogens is 254 g/mol. The van der Waals surface area contributed by atoms with Crippen molar-refractivity contribution in [2.24, 2.45) is 5.41 Å². The molecule has 0 unspecified atom stereocenters. The van der Waals surface area contributed by atoms with Crippen molar-refractivity contribution < 1.29 is 5.11 Å². The van der Waals surface area contributed by atoms with E-state index >= 15 is 0 Å². The van der Waals surface area contributed by atoms with Gasteiger partial charge in [-0.3, -0.25) is 0 Å². The van der Waals surface area contributed by atoms with Crippen LogP contribution in [0.3, 0.4) is 0 Å². The molecule has 3 rings (SSSR count). The summed E-state index contributed by atoms with van der Waals surface area (Å²) in [4.78, 5) is 0. The molecule has 0 radical (unpaired) electrons. The second-order valence-electron chi connectivity index (χ2n) is 5.43. The lowest BCUT2D eigenvalue weighted by atomic mass is 9.76. The van der Waals surface area contributed by atoms with Gasteiger partial charge in [-0.25, -0.2) is 0 Å². The number of piperidine rings is 1. The number of nitrogens with one attached hydrogen (secondary N) is 1. The number of rotatable bonds is 4. The highest BCUT2D eigenvalue weighted by molar-refractivity contribution is 5.30. The molecule has 1 aromatic carbocycles. The zero-order chi connectivity index (χ0) is 13.8. The number of hydrogen-bond donors (Lipinski definition) is 2. The van der Waals surface area contributed by atoms with Crippen LogP contribution in [0, 0.1) is 5.41 Å². The Morgan fingerprint density at radius 3 is 2.65 bits per heavy atom. The Bertz CT molecular complexity index is 548. The first kappa shape index (κ1) is 13.2. The van der Waals surface area contributed by atoms with Gasteiger partial charge in [0.1, 0.15) is 0 Å². The van der Waals surface area contributed by atoms with Crippen molar-refractivity contribution >= 4 is 0 Å². The van der Waals surface area contributed by atoms with Crippen LogP contribution in [-0.2, 0) is 6.42 Å². The van der Waals surface area contributed by atoms with Gasteiger partial charge in [0.2, 0.25) is 0 Å². The van der Waals surface area contributed by atoms with Gasteiger partial charge >= 0.3 is 0 Å². The molecule has 1 saturated heterocycles. The number of benzene rings is 1. The molecule has 0 bridgehead atoms. The largest absolute Gasteiger partial charge is 0.396 e. The summed E-state index contributed by atoms with van der Waals surface area (Å²) >= 11 is 0. The number of aliphatic hydroxyl groups excluding tert-OH is 1. The zero-order valence-corrected chi connectivity index (χ0v) is 11.4. The minimum Gasteiger partial charge on any atom is -0.396 e. The van der Waals surface area contributed by atoms with E-state index in [2.05, 4.69) is 20.8 Å². The van der Waals surface area contributed by atoms with Crippen LogP contribution in [0.15, 0.2) is 30.3 Å². The van der Waals surface area contributed by atoms with Crippen molar-refractivity contribution in [3.05, 3.63) is 36.2 Å². The first-order valence-corrected chi connectivity index (χ1v) is 6.97. The van der Waals surface area contributed by atoms with Crippen LogP contribution in [0.25, 0.3) is 5.69 Å². The molecule has 106 valence electrons. The average Bonchev–Trinajstić information content (AvgIpc) is 2.97. The second-order valence-corrected chi connectivity index (χ2v) is 5.43. The standard InChI is InChI=1S/C14H19N5O/c20-11-14(6-8-15-9-7-14)10-13-16-17-18-19(13)12-4-2-1-3-5-12/h1-5,15,20H,6-11H2. The molecule has 6 nitrogen and oxygen atoms in total. The molecule has 0 aliphatic carbocycles. The predicted molar refractivity (Wildman–Crippen MR) is 74.5 cm³/mol. The van der Waals surface area contributed by atoms with Crippen molar-refractivity contribution in [1.29, 1.82) is 0 Å². The maximum Gasteiger partial charge on any atom is 0.157 e. The molecule has 1 aromatic heterocycles. The third-order valence-corrected chi connectivity index (χ3v) is 4.07. The first-order valence-electron chi connectivity index (χ1n) is 6.97. The van der Waals surface area contributed by atoms with Gasteiger partial charge in [0.15, 0.2) is 5.82 Å². The molecular formula is C14H19N5O. The van der Waals surface area contributed by atoms with E-state index in [1.165, 1.54) is 0 Å². The summed E-state index contributed by atoms with van der Waals surface area (Å²) in [6, 6.07) is 9.86. The van der Waals surface area contributed by atoms with Crippen LogP contribution in [0.2, 0.25) is 0 Å². The van der Waals surface area contributed by atoms with E-state index < -0.39 is 0 Å². The molecule has 0 atom stereocenters. The monoisotopic (exact) mass is 273 g/mol. The Hall–Kier alpha value is -1.79. The fraction of sp³-hybridized carbons (Fsp3) is 0.500. The van der Waals surface area contributed by atoms with E-state index in [1.807, 2.05) is 30.3 Å². The summed E-state index contributed by atoms with van der Waals surface area (Å²) in [5.41, 5.74) is 0.849. The second kappa shape index (κ2) is 5.68. The molecule has 1 aliphatic rings. The van der Waals surface area contributed by atoms with Crippen molar-refractivity contribution in [2.75, 3.05) is 19.7 Å². The highest BCUT2D eigenvalue weighted by Crippen LogP contribution is 2.32. The van der Waals surface area contributed by atoms with E-state index in [1.54, 1.807) is 4.68 Å². The van der Waals surface area contributed by atoms with Gasteiger partial charge in [-0.2, -0.15) is 4.68 Å². The number of aromatic nitrogens is 4. The lowest BCUT2D eigenvalue weighted by molar-refractivity contribution is 0.0867. The molecule has 2 N–H and O–H groups in total. The fourth-order valence-electron chi connectivity index (χ4n) is 2.77. The molecule has 2 aromatic rings. The lowest BCUT2D eigenvalue weighted by Crippen LogP contribution is -2.41. The van der Waals surface area contributed by atoms with Crippen LogP contribution < -0.4 is 5.32 Å². The van der Waals surface area contributed by atoms with Crippen molar-refractivity contribution in [2.45, 2.75) is 19.3 Å². The number of nitrogens with zero attached hydrogens (tertiary/aromatic N) is 4. The molecule has 6 heteroatoms. The van der Waals surface area contributed by atoms with Crippen LogP contribution >= 0.6 is 0 Å². The Labute approximate surface area is 117 Å². The molecule has 2 heterocycles. The SMILES string of the molecule is OCC1(Cc2nnnn2-c2ccccc2)CCNCC1. The number of hydrogen-bond acceptors (Lipinski definition) is 5. The fourth-order valence-corrected chi connectivity index (χ4v) is 2.77. The predicted octanol–water partition coefficient (Wildman–Crippen LogP) is 0.567. The Morgan fingerprint density at radius 2 is 1.95 bits per heavy atom. The average molecular weight is 273 g/mol. The molecule has 20 heavy (non-hydrogen) atoms. The van der Waals surface area contributed by atoms with Crippen LogP contribution in [-0.4, -0.2) is 45.0 Å². The third kappa shape index (κ3) is 2.57. The quantitative estimate of drug-likeness (QED) is 0.851. The van der Waals surface area contributed by atoms with E-state index in [4.69, 9.17) is 0 Å². The van der Waals surface area contributed by atoms with Crippen molar-refractivity contribution in [1.82, 2.24) is 25.5 Å². The highest BCUT2D eigenvalue weighted by Gasteiger charge is 2.33. The van der Waals surface area contributed by atoms with Gasteiger partial charge < -0.3 is 10.4 Å². The number of tetrazole rings is 1. The molecule has 1 fully saturated rings. The maximum absolute atomic E-state index is 9.80. The Kier molecular flexibility index (Phi) is 3.75. The van der Waals surface area contributed by atoms with Gasteiger partial charge in [-0.1, -0.05) is 18.2 Å². The van der Waals surface area contributed by atoms with E-state index in [0.29, 0.717) is 6.42 Å². The van der Waals surface area contributed by atoms with E-state index in [-0.39, 0.29) is 12.0 Å². The number of aliphatic hydroxyl groups is 1. The minimum absolute atomic E-state index is 0.105. The lowest BCUT2D eigenvalue weighted by Gasteiger charge is -2.35. The number of para-hydroxylation sites is 1. The van der Waals surface area contributed by atoms with Crippen molar-refractivity contribution in [3.8, 4) is 5.69 Å². The highest BCUT2D eigenvalue weighted by atomic mass is 16.3. The molecule has 1 aliphatic heterocycles. The van der Waals surface area contributed by atoms with Crippen LogP contribution in [0.5, 0.6) is 0 Å². The molecule has 0 saturated carbocycles. The summed E-state index contributed by atoms with van der Waals surface area (Å²) in [6.07, 6.45) is 2.60. The third-order valence-electron chi connectivity index (χ3n) is 4.07. The Balaban J connectivity index is 1.86. The van der Waals surface area contributed by atoms with E-state index in [9.17, 15) is 5.11 Å². The molecule has 0 amide bonds. The molecule has 0 spiro atoms. The summed E-state index contributed by atoms with van der Waals surface area (Å²) < 4.78 is 1.76. The first-order chi connectivity index (χ1) is 9.83. The summed E-state index contributed by atoms with van der Waals surface area (Å²) in [7, 11) is 0. The van der Waals surface area contributed by atoms with E-state index in [0.717, 1.165) is 37.4 Å². The smallest absolute Gasteiger partial charge is 0.157 e. The summed E-state index contributed by atoms with van der Waals surface area (Å²) in [6.45, 7) is 2.05. The van der Waals surface area contributed by atoms with Crippen LogP contribution in [0.4, 0.5) is 0 Å². The van der Waals surface area contributed by atoms with Gasteiger partial charge in [0, 0.05) is 18.4 Å². The normalized spacial score (nSPS) is 18.1. The summed E-state index contributed by atoms with van der Waals surface area (Å²) in [5.74, 6) is 0.812. The van der Waals surface area contributed by atoms with Gasteiger partial charge in [-0.05, 0) is 48.5 Å². The van der Waals surface area contributed by atoms with Crippen molar-refractivity contribution in [3.63, 3.8) is 0 Å². The zero-order valence-electron chi connectivity index (χ0n) is 11.4. The topological polar surface area (TPSA) is 75.9 Å². The van der Waals surface area contributed by atoms with Crippen LogP contribution in [0.1, 0.15) is 18.7 Å². The minimum atomic E-state index is -0.105. The summed E-state index contributed by atoms with van der Waals surface area (Å²) in [5, 5.41) is 25.1. The van der Waals surface area contributed by atoms with Gasteiger partial charge in [-0.15, -0.1) is 5.10 Å². The Morgan fingerprint density at radius 1 is 1.20 bits per heavy atom. The van der Waals surface area contributed by atoms with Gasteiger partial charge in [0.25, 0.3) is 0 Å². The maximum atomic E-state index is 9.80. The van der Waals surface area contributed by atoms with Gasteiger partial charge in [0.05, 0.1) is 5.69 Å².